The highest BCUT2D eigenvalue weighted by Crippen LogP contribution is 1.97. The Morgan fingerprint density at radius 2 is 1.75 bits per heavy atom. The van der Waals surface area contributed by atoms with E-state index in [0.717, 1.165) is 6.92 Å². The minimum Gasteiger partial charge on any atom is -0.480 e. The topological polar surface area (TPSA) is 113 Å². The van der Waals surface area contributed by atoms with E-state index in [2.05, 4.69) is 5.32 Å². The molecule has 8 heteroatoms. The molecule has 0 bridgehead atoms. The molecule has 1 amide bonds. The molecule has 0 aromatic rings. The first-order valence-corrected chi connectivity index (χ1v) is 6.22. The van der Waals surface area contributed by atoms with Crippen LogP contribution < -0.4 is 10.0 Å². The second-order valence-electron chi connectivity index (χ2n) is 3.57. The van der Waals surface area contributed by atoms with Crippen molar-refractivity contribution in [3.8, 4) is 0 Å². The maximum Gasteiger partial charge on any atom is 0.323 e. The van der Waals surface area contributed by atoms with Crippen LogP contribution in [0.25, 0.3) is 0 Å². The van der Waals surface area contributed by atoms with Gasteiger partial charge in [-0.3, -0.25) is 9.59 Å². The molecule has 7 nitrogen and oxygen atoms in total. The van der Waals surface area contributed by atoms with Crippen molar-refractivity contribution in [2.75, 3.05) is 6.54 Å². The summed E-state index contributed by atoms with van der Waals surface area (Å²) in [6.45, 7) is 4.03. The fourth-order valence-electron chi connectivity index (χ4n) is 0.797. The fraction of sp³-hybridized carbons (Fsp3) is 0.750. The number of rotatable bonds is 6. The molecule has 0 aromatic carbocycles. The Labute approximate surface area is 94.3 Å². The zero-order chi connectivity index (χ0) is 12.9. The van der Waals surface area contributed by atoms with Crippen LogP contribution in [0.1, 0.15) is 20.8 Å². The van der Waals surface area contributed by atoms with Crippen LogP contribution in [0.2, 0.25) is 0 Å². The molecule has 0 aliphatic heterocycles. The maximum absolute atomic E-state index is 11.3. The highest BCUT2D eigenvalue weighted by atomic mass is 32.2. The first-order valence-electron chi connectivity index (χ1n) is 4.67. The average molecular weight is 252 g/mol. The molecule has 3 N–H and O–H groups in total. The largest absolute Gasteiger partial charge is 0.480 e. The van der Waals surface area contributed by atoms with Crippen molar-refractivity contribution in [1.82, 2.24) is 10.0 Å². The number of nitrogens with one attached hydrogen (secondary N) is 2. The van der Waals surface area contributed by atoms with Crippen molar-refractivity contribution in [2.24, 2.45) is 0 Å². The Kier molecular flexibility index (Phi) is 5.39. The van der Waals surface area contributed by atoms with E-state index >= 15 is 0 Å². The van der Waals surface area contributed by atoms with Crippen LogP contribution in [0.4, 0.5) is 0 Å². The molecule has 0 rings (SSSR count). The van der Waals surface area contributed by atoms with Gasteiger partial charge in [0.2, 0.25) is 15.9 Å². The van der Waals surface area contributed by atoms with Crippen LogP contribution in [-0.4, -0.2) is 43.2 Å². The van der Waals surface area contributed by atoms with Crippen molar-refractivity contribution in [1.29, 1.82) is 0 Å². The number of carbonyl (C=O) groups excluding carboxylic acids is 1. The number of aliphatic carboxylic acids is 1. The monoisotopic (exact) mass is 252 g/mol. The summed E-state index contributed by atoms with van der Waals surface area (Å²) in [5.41, 5.74) is 0. The maximum atomic E-state index is 11.3. The van der Waals surface area contributed by atoms with Crippen LogP contribution in [0.5, 0.6) is 0 Å². The van der Waals surface area contributed by atoms with Crippen LogP contribution in [0, 0.1) is 0 Å². The summed E-state index contributed by atoms with van der Waals surface area (Å²) in [4.78, 5) is 21.6. The molecule has 1 unspecified atom stereocenters. The number of hydrogen-bond acceptors (Lipinski definition) is 4. The quantitative estimate of drug-likeness (QED) is 0.555. The number of sulfonamides is 1. The molecule has 0 fully saturated rings. The summed E-state index contributed by atoms with van der Waals surface area (Å²) in [5.74, 6) is -1.96. The number of carboxylic acid groups (broad SMARTS) is 1. The van der Waals surface area contributed by atoms with Crippen molar-refractivity contribution in [3.05, 3.63) is 0 Å². The summed E-state index contributed by atoms with van der Waals surface area (Å²) in [7, 11) is -4.00. The van der Waals surface area contributed by atoms with E-state index < -0.39 is 33.7 Å². The Morgan fingerprint density at radius 1 is 1.25 bits per heavy atom. The van der Waals surface area contributed by atoms with Gasteiger partial charge in [0.25, 0.3) is 0 Å². The molecule has 0 aliphatic carbocycles. The number of hydrogen-bond donors (Lipinski definition) is 3. The van der Waals surface area contributed by atoms with Crippen LogP contribution in [-0.2, 0) is 19.6 Å². The molecule has 0 spiro atoms. The fourth-order valence-corrected chi connectivity index (χ4v) is 1.64. The third-order valence-electron chi connectivity index (χ3n) is 1.70. The summed E-state index contributed by atoms with van der Waals surface area (Å²) < 4.78 is 24.5. The average Bonchev–Trinajstić information content (AvgIpc) is 2.12. The lowest BCUT2D eigenvalue weighted by Gasteiger charge is -2.11. The summed E-state index contributed by atoms with van der Waals surface area (Å²) in [6.07, 6.45) is 0. The molecule has 0 radical (unpaired) electrons. The van der Waals surface area contributed by atoms with Crippen LogP contribution in [0.15, 0.2) is 0 Å². The van der Waals surface area contributed by atoms with Gasteiger partial charge in [0.05, 0.1) is 6.54 Å². The second-order valence-corrected chi connectivity index (χ2v) is 5.65. The van der Waals surface area contributed by atoms with E-state index in [1.807, 2.05) is 4.72 Å². The zero-order valence-electron chi connectivity index (χ0n) is 9.35. The SMILES string of the molecule is CC(C)NC(=O)CNS(=O)(=O)C(C)C(=O)O. The molecular formula is C8H16N2O5S. The van der Waals surface area contributed by atoms with E-state index in [9.17, 15) is 18.0 Å². The molecule has 0 aliphatic rings. The predicted molar refractivity (Wildman–Crippen MR) is 57.3 cm³/mol. The first kappa shape index (κ1) is 14.8. The van der Waals surface area contributed by atoms with Gasteiger partial charge in [-0.2, -0.15) is 0 Å². The first-order chi connectivity index (χ1) is 7.16. The zero-order valence-corrected chi connectivity index (χ0v) is 10.2. The van der Waals surface area contributed by atoms with Gasteiger partial charge in [0.1, 0.15) is 0 Å². The van der Waals surface area contributed by atoms with E-state index in [4.69, 9.17) is 5.11 Å². The molecule has 16 heavy (non-hydrogen) atoms. The van der Waals surface area contributed by atoms with Crippen molar-refractivity contribution >= 4 is 21.9 Å². The Morgan fingerprint density at radius 3 is 2.12 bits per heavy atom. The van der Waals surface area contributed by atoms with Gasteiger partial charge in [0.15, 0.2) is 5.25 Å². The molecule has 1 atom stereocenters. The van der Waals surface area contributed by atoms with E-state index in [1.54, 1.807) is 13.8 Å². The third-order valence-corrected chi connectivity index (χ3v) is 3.38. The van der Waals surface area contributed by atoms with Gasteiger partial charge in [-0.05, 0) is 20.8 Å². The Bertz CT molecular complexity index is 363. The van der Waals surface area contributed by atoms with E-state index in [-0.39, 0.29) is 6.04 Å². The van der Waals surface area contributed by atoms with Gasteiger partial charge >= 0.3 is 5.97 Å². The van der Waals surface area contributed by atoms with Crippen molar-refractivity contribution in [3.63, 3.8) is 0 Å². The van der Waals surface area contributed by atoms with Gasteiger partial charge in [0, 0.05) is 6.04 Å². The molecule has 0 aromatic heterocycles. The Balaban J connectivity index is 4.30. The van der Waals surface area contributed by atoms with Crippen molar-refractivity contribution < 1.29 is 23.1 Å². The van der Waals surface area contributed by atoms with E-state index in [0.29, 0.717) is 0 Å². The highest BCUT2D eigenvalue weighted by molar-refractivity contribution is 7.90. The highest BCUT2D eigenvalue weighted by Gasteiger charge is 2.27. The summed E-state index contributed by atoms with van der Waals surface area (Å²) in [5, 5.41) is 9.39. The van der Waals surface area contributed by atoms with Crippen molar-refractivity contribution in [2.45, 2.75) is 32.1 Å². The van der Waals surface area contributed by atoms with Gasteiger partial charge in [-0.1, -0.05) is 0 Å². The molecular weight excluding hydrogens is 236 g/mol. The standard InChI is InChI=1S/C8H16N2O5S/c1-5(2)10-7(11)4-9-16(14,15)6(3)8(12)13/h5-6,9H,4H2,1-3H3,(H,10,11)(H,12,13). The van der Waals surface area contributed by atoms with E-state index in [1.165, 1.54) is 0 Å². The van der Waals surface area contributed by atoms with Crippen LogP contribution >= 0.6 is 0 Å². The Hall–Kier alpha value is -1.15. The smallest absolute Gasteiger partial charge is 0.323 e. The lowest BCUT2D eigenvalue weighted by molar-refractivity contribution is -0.136. The summed E-state index contributed by atoms with van der Waals surface area (Å²) in [6, 6.07) is -0.103. The second kappa shape index (κ2) is 5.80. The van der Waals surface area contributed by atoms with Crippen LogP contribution in [0.3, 0.4) is 0 Å². The number of amides is 1. The molecule has 94 valence electrons. The lowest BCUT2D eigenvalue weighted by atomic mass is 10.4. The van der Waals surface area contributed by atoms with Gasteiger partial charge in [-0.25, -0.2) is 13.1 Å². The molecule has 0 saturated carbocycles. The van der Waals surface area contributed by atoms with Gasteiger partial charge in [-0.15, -0.1) is 0 Å². The minimum absolute atomic E-state index is 0.103. The molecule has 0 heterocycles. The molecule has 0 saturated heterocycles. The van der Waals surface area contributed by atoms with Gasteiger partial charge < -0.3 is 10.4 Å². The third kappa shape index (κ3) is 5.08. The predicted octanol–water partition coefficient (Wildman–Crippen LogP) is -1.10. The number of carboxylic acids is 1. The lowest BCUT2D eigenvalue weighted by Crippen LogP contribution is -2.44. The minimum atomic E-state index is -4.00. The summed E-state index contributed by atoms with van der Waals surface area (Å²) >= 11 is 0. The normalized spacial score (nSPS) is 13.5. The number of carbonyl (C=O) groups is 2.